The zero-order chi connectivity index (χ0) is 13.0. The molecule has 18 heavy (non-hydrogen) atoms. The van der Waals surface area contributed by atoms with Crippen molar-refractivity contribution in [2.24, 2.45) is 0 Å². The number of nitrogens with one attached hydrogen (secondary N) is 1. The smallest absolute Gasteiger partial charge is 0.405 e. The summed E-state index contributed by atoms with van der Waals surface area (Å²) in [7, 11) is 0. The molecule has 1 aliphatic rings. The summed E-state index contributed by atoms with van der Waals surface area (Å²) in [6.45, 7) is 4.81. The molecule has 2 rings (SSSR count). The van der Waals surface area contributed by atoms with E-state index in [-0.39, 0.29) is 5.54 Å². The van der Waals surface area contributed by atoms with Gasteiger partial charge in [0.25, 0.3) is 0 Å². The summed E-state index contributed by atoms with van der Waals surface area (Å²) in [5.74, 6) is 0. The lowest BCUT2D eigenvalue weighted by Crippen LogP contribution is -2.52. The van der Waals surface area contributed by atoms with E-state index in [1.165, 1.54) is 5.56 Å². The van der Waals surface area contributed by atoms with Crippen LogP contribution in [0.15, 0.2) is 30.3 Å². The molecule has 4 heteroatoms. The van der Waals surface area contributed by atoms with Gasteiger partial charge in [-0.25, -0.2) is 4.79 Å². The predicted octanol–water partition coefficient (Wildman–Crippen LogP) is 2.31. The van der Waals surface area contributed by atoms with Gasteiger partial charge in [0.2, 0.25) is 0 Å². The molecule has 0 bridgehead atoms. The van der Waals surface area contributed by atoms with Gasteiger partial charge < -0.3 is 10.4 Å². The van der Waals surface area contributed by atoms with E-state index in [1.807, 2.05) is 13.0 Å². The van der Waals surface area contributed by atoms with Gasteiger partial charge in [0.1, 0.15) is 0 Å². The van der Waals surface area contributed by atoms with Gasteiger partial charge in [0.15, 0.2) is 0 Å². The molecule has 0 aromatic heterocycles. The van der Waals surface area contributed by atoms with Crippen LogP contribution in [0.2, 0.25) is 0 Å². The van der Waals surface area contributed by atoms with Gasteiger partial charge in [0, 0.05) is 25.2 Å². The van der Waals surface area contributed by atoms with Crippen LogP contribution in [0.5, 0.6) is 0 Å². The molecule has 2 N–H and O–H groups in total. The van der Waals surface area contributed by atoms with Crippen molar-refractivity contribution < 1.29 is 9.90 Å². The van der Waals surface area contributed by atoms with Crippen LogP contribution in [0, 0.1) is 0 Å². The standard InChI is InChI=1S/C14H20N2O2/c1-14(15-13(17)18)7-9-16(10-8-14)11-12-5-3-2-4-6-12/h2-6,15H,7-11H2,1H3,(H,17,18). The molecule has 1 saturated heterocycles. The second-order valence-electron chi connectivity index (χ2n) is 5.25. The number of rotatable bonds is 3. The van der Waals surface area contributed by atoms with Crippen molar-refractivity contribution in [2.45, 2.75) is 31.8 Å². The van der Waals surface area contributed by atoms with Gasteiger partial charge in [0.05, 0.1) is 0 Å². The molecular formula is C14H20N2O2. The molecule has 0 aliphatic carbocycles. The van der Waals surface area contributed by atoms with Crippen molar-refractivity contribution in [3.05, 3.63) is 35.9 Å². The fourth-order valence-corrected chi connectivity index (χ4v) is 2.43. The molecule has 1 heterocycles. The van der Waals surface area contributed by atoms with Gasteiger partial charge in [-0.3, -0.25) is 4.90 Å². The topological polar surface area (TPSA) is 52.6 Å². The Bertz CT molecular complexity index is 398. The molecule has 0 unspecified atom stereocenters. The summed E-state index contributed by atoms with van der Waals surface area (Å²) >= 11 is 0. The minimum Gasteiger partial charge on any atom is -0.465 e. The monoisotopic (exact) mass is 248 g/mol. The van der Waals surface area contributed by atoms with Crippen LogP contribution in [0.1, 0.15) is 25.3 Å². The summed E-state index contributed by atoms with van der Waals surface area (Å²) in [4.78, 5) is 13.1. The quantitative estimate of drug-likeness (QED) is 0.863. The number of piperidine rings is 1. The van der Waals surface area contributed by atoms with Gasteiger partial charge >= 0.3 is 6.09 Å². The maximum absolute atomic E-state index is 10.7. The Morgan fingerprint density at radius 1 is 1.33 bits per heavy atom. The molecule has 4 nitrogen and oxygen atoms in total. The Morgan fingerprint density at radius 3 is 2.50 bits per heavy atom. The Morgan fingerprint density at radius 2 is 1.94 bits per heavy atom. The fourth-order valence-electron chi connectivity index (χ4n) is 2.43. The fraction of sp³-hybridized carbons (Fsp3) is 0.500. The molecule has 0 spiro atoms. The molecular weight excluding hydrogens is 228 g/mol. The van der Waals surface area contributed by atoms with Gasteiger partial charge in [-0.05, 0) is 25.3 Å². The Balaban J connectivity index is 1.85. The van der Waals surface area contributed by atoms with Gasteiger partial charge in [-0.15, -0.1) is 0 Å². The second kappa shape index (κ2) is 5.40. The third-order valence-electron chi connectivity index (χ3n) is 3.62. The van der Waals surface area contributed by atoms with E-state index in [0.717, 1.165) is 32.5 Å². The number of carbonyl (C=O) groups is 1. The lowest BCUT2D eigenvalue weighted by atomic mass is 9.89. The summed E-state index contributed by atoms with van der Waals surface area (Å²) < 4.78 is 0. The average molecular weight is 248 g/mol. The zero-order valence-corrected chi connectivity index (χ0v) is 10.7. The molecule has 1 fully saturated rings. The molecule has 1 amide bonds. The SMILES string of the molecule is CC1(NC(=O)O)CCN(Cc2ccccc2)CC1. The van der Waals surface area contributed by atoms with Crippen molar-refractivity contribution in [2.75, 3.05) is 13.1 Å². The van der Waals surface area contributed by atoms with Crippen LogP contribution < -0.4 is 5.32 Å². The first-order valence-electron chi connectivity index (χ1n) is 6.35. The van der Waals surface area contributed by atoms with Crippen LogP contribution in [0.4, 0.5) is 4.79 Å². The van der Waals surface area contributed by atoms with E-state index in [9.17, 15) is 4.79 Å². The molecule has 1 aliphatic heterocycles. The highest BCUT2D eigenvalue weighted by Crippen LogP contribution is 2.22. The Kier molecular flexibility index (Phi) is 3.87. The molecule has 0 saturated carbocycles. The second-order valence-corrected chi connectivity index (χ2v) is 5.25. The predicted molar refractivity (Wildman–Crippen MR) is 70.5 cm³/mol. The van der Waals surface area contributed by atoms with Crippen LogP contribution in [-0.2, 0) is 6.54 Å². The van der Waals surface area contributed by atoms with E-state index < -0.39 is 6.09 Å². The summed E-state index contributed by atoms with van der Waals surface area (Å²) in [6, 6.07) is 10.4. The van der Waals surface area contributed by atoms with E-state index in [1.54, 1.807) is 0 Å². The highest BCUT2D eigenvalue weighted by molar-refractivity contribution is 5.65. The number of carboxylic acid groups (broad SMARTS) is 1. The number of hydrogen-bond donors (Lipinski definition) is 2. The van der Waals surface area contributed by atoms with Crippen molar-refractivity contribution >= 4 is 6.09 Å². The number of likely N-dealkylation sites (tertiary alicyclic amines) is 1. The van der Waals surface area contributed by atoms with E-state index in [0.29, 0.717) is 0 Å². The minimum absolute atomic E-state index is 0.265. The van der Waals surface area contributed by atoms with E-state index in [2.05, 4.69) is 34.5 Å². The Labute approximate surface area is 108 Å². The molecule has 98 valence electrons. The van der Waals surface area contributed by atoms with Gasteiger partial charge in [-0.2, -0.15) is 0 Å². The summed E-state index contributed by atoms with van der Waals surface area (Å²) in [6.07, 6.45) is 0.812. The van der Waals surface area contributed by atoms with Crippen LogP contribution in [0.3, 0.4) is 0 Å². The summed E-state index contributed by atoms with van der Waals surface area (Å²) in [5, 5.41) is 11.4. The van der Waals surface area contributed by atoms with Crippen molar-refractivity contribution in [3.63, 3.8) is 0 Å². The van der Waals surface area contributed by atoms with Crippen LogP contribution >= 0.6 is 0 Å². The van der Waals surface area contributed by atoms with Crippen LogP contribution in [-0.4, -0.2) is 34.7 Å². The molecule has 0 radical (unpaired) electrons. The maximum Gasteiger partial charge on any atom is 0.405 e. The number of amides is 1. The zero-order valence-electron chi connectivity index (χ0n) is 10.7. The lowest BCUT2D eigenvalue weighted by molar-refractivity contribution is 0.128. The first kappa shape index (κ1) is 12.9. The number of benzene rings is 1. The normalized spacial score (nSPS) is 19.4. The third-order valence-corrected chi connectivity index (χ3v) is 3.62. The van der Waals surface area contributed by atoms with Crippen molar-refractivity contribution in [1.29, 1.82) is 0 Å². The van der Waals surface area contributed by atoms with Crippen molar-refractivity contribution in [3.8, 4) is 0 Å². The number of nitrogens with zero attached hydrogens (tertiary/aromatic N) is 1. The van der Waals surface area contributed by atoms with Gasteiger partial charge in [-0.1, -0.05) is 30.3 Å². The third kappa shape index (κ3) is 3.47. The maximum atomic E-state index is 10.7. The largest absolute Gasteiger partial charge is 0.465 e. The first-order chi connectivity index (χ1) is 8.57. The molecule has 0 atom stereocenters. The minimum atomic E-state index is -0.922. The highest BCUT2D eigenvalue weighted by Gasteiger charge is 2.31. The van der Waals surface area contributed by atoms with E-state index in [4.69, 9.17) is 5.11 Å². The Hall–Kier alpha value is -1.55. The molecule has 1 aromatic carbocycles. The first-order valence-corrected chi connectivity index (χ1v) is 6.35. The average Bonchev–Trinajstić information content (AvgIpc) is 2.33. The highest BCUT2D eigenvalue weighted by atomic mass is 16.4. The molecule has 1 aromatic rings. The lowest BCUT2D eigenvalue weighted by Gasteiger charge is -2.39. The summed E-state index contributed by atoms with van der Waals surface area (Å²) in [5.41, 5.74) is 1.05. The number of hydrogen-bond acceptors (Lipinski definition) is 2. The van der Waals surface area contributed by atoms with Crippen molar-refractivity contribution in [1.82, 2.24) is 10.2 Å². The van der Waals surface area contributed by atoms with Crippen LogP contribution in [0.25, 0.3) is 0 Å². The van der Waals surface area contributed by atoms with E-state index >= 15 is 0 Å².